The Morgan fingerprint density at radius 3 is 2.50 bits per heavy atom. The molecule has 16 heavy (non-hydrogen) atoms. The van der Waals surface area contributed by atoms with Crippen molar-refractivity contribution in [1.82, 2.24) is 0 Å². The maximum atomic E-state index is 6.39. The summed E-state index contributed by atoms with van der Waals surface area (Å²) in [4.78, 5) is 1.07. The van der Waals surface area contributed by atoms with Gasteiger partial charge in [-0.2, -0.15) is 0 Å². The Balaban J connectivity index is 2.15. The first-order valence-corrected chi connectivity index (χ1v) is 6.79. The lowest BCUT2D eigenvalue weighted by molar-refractivity contribution is 0.939. The van der Waals surface area contributed by atoms with Crippen LogP contribution in [0.3, 0.4) is 0 Å². The van der Waals surface area contributed by atoms with Gasteiger partial charge in [-0.05, 0) is 29.9 Å². The summed E-state index contributed by atoms with van der Waals surface area (Å²) in [6, 6.07) is 10.2. The van der Waals surface area contributed by atoms with Gasteiger partial charge in [0.2, 0.25) is 0 Å². The van der Waals surface area contributed by atoms with Crippen LogP contribution >= 0.6 is 34.5 Å². The molecule has 1 unspecified atom stereocenters. The number of hydrogen-bond donors (Lipinski definition) is 0. The molecule has 0 spiro atoms. The SMILES string of the molecule is Cc1csc(C(Cl)Cc2ccccc2)c1Cl. The Bertz CT molecular complexity index is 462. The van der Waals surface area contributed by atoms with E-state index in [1.807, 2.05) is 25.1 Å². The Morgan fingerprint density at radius 1 is 1.25 bits per heavy atom. The predicted octanol–water partition coefficient (Wildman–Crippen LogP) is 5.23. The summed E-state index contributed by atoms with van der Waals surface area (Å²) < 4.78 is 0. The van der Waals surface area contributed by atoms with E-state index in [2.05, 4.69) is 17.5 Å². The van der Waals surface area contributed by atoms with E-state index in [1.165, 1.54) is 5.56 Å². The van der Waals surface area contributed by atoms with Gasteiger partial charge >= 0.3 is 0 Å². The van der Waals surface area contributed by atoms with Crippen LogP contribution in [-0.4, -0.2) is 0 Å². The summed E-state index contributed by atoms with van der Waals surface area (Å²) in [6.07, 6.45) is 0.821. The van der Waals surface area contributed by atoms with Crippen LogP contribution in [0.15, 0.2) is 35.7 Å². The lowest BCUT2D eigenvalue weighted by atomic mass is 10.1. The third-order valence-electron chi connectivity index (χ3n) is 2.47. The second-order valence-electron chi connectivity index (χ2n) is 3.75. The number of halogens is 2. The van der Waals surface area contributed by atoms with Gasteiger partial charge in [-0.1, -0.05) is 41.9 Å². The van der Waals surface area contributed by atoms with Gasteiger partial charge in [0, 0.05) is 4.88 Å². The lowest BCUT2D eigenvalue weighted by Crippen LogP contribution is -1.93. The maximum Gasteiger partial charge on any atom is 0.0733 e. The van der Waals surface area contributed by atoms with Crippen molar-refractivity contribution in [3.63, 3.8) is 0 Å². The molecule has 0 aliphatic carbocycles. The molecular weight excluding hydrogens is 259 g/mol. The summed E-state index contributed by atoms with van der Waals surface area (Å²) in [5, 5.41) is 2.84. The summed E-state index contributed by atoms with van der Waals surface area (Å²) >= 11 is 14.2. The van der Waals surface area contributed by atoms with Gasteiger partial charge in [-0.15, -0.1) is 22.9 Å². The number of thiophene rings is 1. The minimum atomic E-state index is -0.0337. The van der Waals surface area contributed by atoms with Crippen LogP contribution in [0.4, 0.5) is 0 Å². The standard InChI is InChI=1S/C13H12Cl2S/c1-9-8-16-13(12(9)15)11(14)7-10-5-3-2-4-6-10/h2-6,8,11H,7H2,1H3. The number of alkyl halides is 1. The fourth-order valence-electron chi connectivity index (χ4n) is 1.57. The fourth-order valence-corrected chi connectivity index (χ4v) is 3.37. The average Bonchev–Trinajstić information content (AvgIpc) is 2.61. The Hall–Kier alpha value is -0.500. The first kappa shape index (κ1) is 12.0. The van der Waals surface area contributed by atoms with E-state index in [1.54, 1.807) is 11.3 Å². The van der Waals surface area contributed by atoms with Crippen molar-refractivity contribution in [2.75, 3.05) is 0 Å². The van der Waals surface area contributed by atoms with Crippen LogP contribution in [0.25, 0.3) is 0 Å². The normalized spacial score (nSPS) is 12.7. The molecule has 1 aromatic carbocycles. The molecule has 1 heterocycles. The highest BCUT2D eigenvalue weighted by molar-refractivity contribution is 7.11. The van der Waals surface area contributed by atoms with Crippen LogP contribution in [0.2, 0.25) is 5.02 Å². The van der Waals surface area contributed by atoms with Crippen molar-refractivity contribution < 1.29 is 0 Å². The van der Waals surface area contributed by atoms with Crippen molar-refractivity contribution in [2.45, 2.75) is 18.7 Å². The van der Waals surface area contributed by atoms with Gasteiger partial charge < -0.3 is 0 Å². The van der Waals surface area contributed by atoms with E-state index in [-0.39, 0.29) is 5.38 Å². The molecular formula is C13H12Cl2S. The van der Waals surface area contributed by atoms with E-state index >= 15 is 0 Å². The van der Waals surface area contributed by atoms with Gasteiger partial charge in [0.25, 0.3) is 0 Å². The van der Waals surface area contributed by atoms with E-state index in [4.69, 9.17) is 23.2 Å². The van der Waals surface area contributed by atoms with Gasteiger partial charge in [0.15, 0.2) is 0 Å². The quantitative estimate of drug-likeness (QED) is 0.670. The molecule has 0 radical (unpaired) electrons. The highest BCUT2D eigenvalue weighted by Crippen LogP contribution is 2.37. The molecule has 84 valence electrons. The van der Waals surface area contributed by atoms with Crippen molar-refractivity contribution in [3.8, 4) is 0 Å². The number of benzene rings is 1. The topological polar surface area (TPSA) is 0 Å². The van der Waals surface area contributed by atoms with Crippen LogP contribution in [0, 0.1) is 6.92 Å². The molecule has 3 heteroatoms. The van der Waals surface area contributed by atoms with Gasteiger partial charge in [-0.25, -0.2) is 0 Å². The molecule has 0 nitrogen and oxygen atoms in total. The molecule has 2 aromatic rings. The highest BCUT2D eigenvalue weighted by Gasteiger charge is 2.15. The number of aryl methyl sites for hydroxylation is 1. The van der Waals surface area contributed by atoms with Crippen LogP contribution in [0.1, 0.15) is 21.4 Å². The highest BCUT2D eigenvalue weighted by atomic mass is 35.5. The molecule has 1 aromatic heterocycles. The third-order valence-corrected chi connectivity index (χ3v) is 4.80. The zero-order valence-corrected chi connectivity index (χ0v) is 11.2. The Labute approximate surface area is 110 Å². The van der Waals surface area contributed by atoms with Crippen molar-refractivity contribution in [3.05, 3.63) is 56.7 Å². The van der Waals surface area contributed by atoms with E-state index < -0.39 is 0 Å². The monoisotopic (exact) mass is 270 g/mol. The molecule has 0 bridgehead atoms. The van der Waals surface area contributed by atoms with Crippen LogP contribution in [-0.2, 0) is 6.42 Å². The molecule has 0 aliphatic heterocycles. The third kappa shape index (κ3) is 2.60. The largest absolute Gasteiger partial charge is 0.145 e. The lowest BCUT2D eigenvalue weighted by Gasteiger charge is -2.08. The van der Waals surface area contributed by atoms with Crippen molar-refractivity contribution in [1.29, 1.82) is 0 Å². The van der Waals surface area contributed by atoms with E-state index in [0.717, 1.165) is 21.9 Å². The average molecular weight is 271 g/mol. The molecule has 0 aliphatic rings. The van der Waals surface area contributed by atoms with Gasteiger partial charge in [0.05, 0.1) is 10.4 Å². The number of hydrogen-bond acceptors (Lipinski definition) is 1. The molecule has 0 amide bonds. The molecule has 0 saturated heterocycles. The predicted molar refractivity (Wildman–Crippen MR) is 72.8 cm³/mol. The minimum absolute atomic E-state index is 0.0337. The second kappa shape index (κ2) is 5.22. The first-order chi connectivity index (χ1) is 7.68. The van der Waals surface area contributed by atoms with Crippen molar-refractivity contribution in [2.24, 2.45) is 0 Å². The molecule has 0 fully saturated rings. The van der Waals surface area contributed by atoms with E-state index in [9.17, 15) is 0 Å². The number of rotatable bonds is 3. The summed E-state index contributed by atoms with van der Waals surface area (Å²) in [7, 11) is 0. The Morgan fingerprint density at radius 2 is 1.94 bits per heavy atom. The minimum Gasteiger partial charge on any atom is -0.145 e. The molecule has 2 rings (SSSR count). The molecule has 0 saturated carbocycles. The fraction of sp³-hybridized carbons (Fsp3) is 0.231. The maximum absolute atomic E-state index is 6.39. The molecule has 1 atom stereocenters. The zero-order chi connectivity index (χ0) is 11.5. The smallest absolute Gasteiger partial charge is 0.0733 e. The van der Waals surface area contributed by atoms with Gasteiger partial charge in [0.1, 0.15) is 0 Å². The van der Waals surface area contributed by atoms with Crippen LogP contribution < -0.4 is 0 Å². The Kier molecular flexibility index (Phi) is 3.91. The summed E-state index contributed by atoms with van der Waals surface area (Å²) in [5.74, 6) is 0. The van der Waals surface area contributed by atoms with E-state index in [0.29, 0.717) is 0 Å². The summed E-state index contributed by atoms with van der Waals surface area (Å²) in [5.41, 5.74) is 2.35. The van der Waals surface area contributed by atoms with Crippen molar-refractivity contribution >= 4 is 34.5 Å². The van der Waals surface area contributed by atoms with Gasteiger partial charge in [-0.3, -0.25) is 0 Å². The summed E-state index contributed by atoms with van der Waals surface area (Å²) in [6.45, 7) is 2.01. The molecule has 0 N–H and O–H groups in total. The second-order valence-corrected chi connectivity index (χ2v) is 5.57. The first-order valence-electron chi connectivity index (χ1n) is 5.10. The zero-order valence-electron chi connectivity index (χ0n) is 8.91. The van der Waals surface area contributed by atoms with Crippen LogP contribution in [0.5, 0.6) is 0 Å².